The summed E-state index contributed by atoms with van der Waals surface area (Å²) in [5.74, 6) is 0.551. The Hall–Kier alpha value is -1.80. The van der Waals surface area contributed by atoms with Gasteiger partial charge in [-0.25, -0.2) is 0 Å². The average molecular weight is 255 g/mol. The van der Waals surface area contributed by atoms with Gasteiger partial charge in [-0.1, -0.05) is 49.4 Å². The van der Waals surface area contributed by atoms with Gasteiger partial charge in [0, 0.05) is 12.2 Å². The highest BCUT2D eigenvalue weighted by Crippen LogP contribution is 2.19. The van der Waals surface area contributed by atoms with Gasteiger partial charge < -0.3 is 10.4 Å². The van der Waals surface area contributed by atoms with Crippen LogP contribution in [0, 0.1) is 0 Å². The lowest BCUT2D eigenvalue weighted by Crippen LogP contribution is -2.06. The summed E-state index contributed by atoms with van der Waals surface area (Å²) in [6.07, 6.45) is 1.09. The second-order valence-corrected chi connectivity index (χ2v) is 4.89. The summed E-state index contributed by atoms with van der Waals surface area (Å²) in [6.45, 7) is 3.28. The normalized spacial score (nSPS) is 12.1. The minimum atomic E-state index is 0.0932. The molecule has 0 saturated heterocycles. The SMILES string of the molecule is CC(CCNc1cccc(CO)c1)c1ccccc1. The molecule has 2 aromatic carbocycles. The number of hydrogen-bond acceptors (Lipinski definition) is 2. The molecule has 0 fully saturated rings. The van der Waals surface area contributed by atoms with Crippen LogP contribution >= 0.6 is 0 Å². The molecule has 2 nitrogen and oxygen atoms in total. The molecule has 0 bridgehead atoms. The fourth-order valence-electron chi connectivity index (χ4n) is 2.16. The van der Waals surface area contributed by atoms with Gasteiger partial charge in [-0.2, -0.15) is 0 Å². The number of nitrogens with one attached hydrogen (secondary N) is 1. The van der Waals surface area contributed by atoms with E-state index in [4.69, 9.17) is 5.11 Å². The minimum Gasteiger partial charge on any atom is -0.392 e. The van der Waals surface area contributed by atoms with Crippen molar-refractivity contribution in [1.82, 2.24) is 0 Å². The van der Waals surface area contributed by atoms with E-state index < -0.39 is 0 Å². The fraction of sp³-hybridized carbons (Fsp3) is 0.294. The molecule has 0 spiro atoms. The fourth-order valence-corrected chi connectivity index (χ4v) is 2.16. The molecule has 0 saturated carbocycles. The van der Waals surface area contributed by atoms with Gasteiger partial charge in [0.15, 0.2) is 0 Å². The van der Waals surface area contributed by atoms with Crippen LogP contribution < -0.4 is 5.32 Å². The van der Waals surface area contributed by atoms with Crippen LogP contribution in [0.4, 0.5) is 5.69 Å². The predicted octanol–water partition coefficient (Wildman–Crippen LogP) is 3.78. The number of benzene rings is 2. The van der Waals surface area contributed by atoms with E-state index in [0.29, 0.717) is 5.92 Å². The van der Waals surface area contributed by atoms with E-state index in [1.54, 1.807) is 0 Å². The van der Waals surface area contributed by atoms with Crippen molar-refractivity contribution in [3.63, 3.8) is 0 Å². The molecule has 0 heterocycles. The summed E-state index contributed by atoms with van der Waals surface area (Å²) < 4.78 is 0. The highest BCUT2D eigenvalue weighted by atomic mass is 16.3. The zero-order valence-corrected chi connectivity index (χ0v) is 11.3. The third-order valence-corrected chi connectivity index (χ3v) is 3.38. The molecular formula is C17H21NO. The standard InChI is InChI=1S/C17H21NO/c1-14(16-7-3-2-4-8-16)10-11-18-17-9-5-6-15(12-17)13-19/h2-9,12,14,18-19H,10-11,13H2,1H3. The Balaban J connectivity index is 1.83. The maximum atomic E-state index is 9.10. The lowest BCUT2D eigenvalue weighted by Gasteiger charge is -2.13. The molecule has 1 atom stereocenters. The minimum absolute atomic E-state index is 0.0932. The number of aliphatic hydroxyl groups excluding tert-OH is 1. The summed E-state index contributed by atoms with van der Waals surface area (Å²) in [6, 6.07) is 18.5. The molecule has 0 amide bonds. The van der Waals surface area contributed by atoms with E-state index in [2.05, 4.69) is 42.6 Å². The maximum absolute atomic E-state index is 9.10. The molecule has 0 aliphatic heterocycles. The lowest BCUT2D eigenvalue weighted by atomic mass is 9.98. The first-order valence-electron chi connectivity index (χ1n) is 6.78. The van der Waals surface area contributed by atoms with Crippen LogP contribution in [0.1, 0.15) is 30.4 Å². The molecule has 0 aromatic heterocycles. The third kappa shape index (κ3) is 4.11. The molecule has 0 aliphatic rings. The smallest absolute Gasteiger partial charge is 0.0682 e. The van der Waals surface area contributed by atoms with Gasteiger partial charge in [-0.05, 0) is 35.6 Å². The van der Waals surface area contributed by atoms with Crippen molar-refractivity contribution in [2.45, 2.75) is 25.9 Å². The molecule has 19 heavy (non-hydrogen) atoms. The van der Waals surface area contributed by atoms with E-state index in [0.717, 1.165) is 24.2 Å². The van der Waals surface area contributed by atoms with Gasteiger partial charge in [0.05, 0.1) is 6.61 Å². The summed E-state index contributed by atoms with van der Waals surface area (Å²) in [5.41, 5.74) is 3.40. The van der Waals surface area contributed by atoms with Gasteiger partial charge in [-0.3, -0.25) is 0 Å². The number of rotatable bonds is 6. The summed E-state index contributed by atoms with van der Waals surface area (Å²) >= 11 is 0. The predicted molar refractivity (Wildman–Crippen MR) is 80.3 cm³/mol. The molecule has 100 valence electrons. The molecule has 2 aromatic rings. The average Bonchev–Trinajstić information content (AvgIpc) is 2.48. The van der Waals surface area contributed by atoms with Crippen molar-refractivity contribution in [3.05, 3.63) is 65.7 Å². The third-order valence-electron chi connectivity index (χ3n) is 3.38. The van der Waals surface area contributed by atoms with Crippen molar-refractivity contribution in [3.8, 4) is 0 Å². The molecule has 1 unspecified atom stereocenters. The van der Waals surface area contributed by atoms with Crippen LogP contribution in [0.25, 0.3) is 0 Å². The highest BCUT2D eigenvalue weighted by Gasteiger charge is 2.04. The second kappa shape index (κ2) is 6.95. The van der Waals surface area contributed by atoms with Crippen molar-refractivity contribution >= 4 is 5.69 Å². The number of anilines is 1. The van der Waals surface area contributed by atoms with Gasteiger partial charge in [0.2, 0.25) is 0 Å². The largest absolute Gasteiger partial charge is 0.392 e. The van der Waals surface area contributed by atoms with Gasteiger partial charge in [0.1, 0.15) is 0 Å². The van der Waals surface area contributed by atoms with E-state index in [1.165, 1.54) is 5.56 Å². The van der Waals surface area contributed by atoms with Crippen LogP contribution in [-0.4, -0.2) is 11.7 Å². The van der Waals surface area contributed by atoms with Crippen molar-refractivity contribution in [2.24, 2.45) is 0 Å². The summed E-state index contributed by atoms with van der Waals surface area (Å²) in [4.78, 5) is 0. The van der Waals surface area contributed by atoms with E-state index in [9.17, 15) is 0 Å². The van der Waals surface area contributed by atoms with E-state index in [1.807, 2.05) is 24.3 Å². The number of hydrogen-bond donors (Lipinski definition) is 2. The Kier molecular flexibility index (Phi) is 4.99. The molecule has 0 radical (unpaired) electrons. The summed E-state index contributed by atoms with van der Waals surface area (Å²) in [5, 5.41) is 12.5. The number of aliphatic hydroxyl groups is 1. The molecule has 2 N–H and O–H groups in total. The quantitative estimate of drug-likeness (QED) is 0.823. The second-order valence-electron chi connectivity index (χ2n) is 4.89. The zero-order valence-electron chi connectivity index (χ0n) is 11.3. The van der Waals surface area contributed by atoms with Crippen LogP contribution in [0.3, 0.4) is 0 Å². The highest BCUT2D eigenvalue weighted by molar-refractivity contribution is 5.45. The zero-order chi connectivity index (χ0) is 13.5. The molecule has 2 rings (SSSR count). The van der Waals surface area contributed by atoms with Crippen molar-refractivity contribution in [1.29, 1.82) is 0 Å². The maximum Gasteiger partial charge on any atom is 0.0682 e. The van der Waals surface area contributed by atoms with Gasteiger partial charge in [-0.15, -0.1) is 0 Å². The monoisotopic (exact) mass is 255 g/mol. The topological polar surface area (TPSA) is 32.3 Å². The van der Waals surface area contributed by atoms with Crippen molar-refractivity contribution in [2.75, 3.05) is 11.9 Å². The first-order chi connectivity index (χ1) is 9.29. The molecule has 2 heteroatoms. The first-order valence-corrected chi connectivity index (χ1v) is 6.78. The van der Waals surface area contributed by atoms with E-state index in [-0.39, 0.29) is 6.61 Å². The van der Waals surface area contributed by atoms with Gasteiger partial charge >= 0.3 is 0 Å². The van der Waals surface area contributed by atoms with E-state index >= 15 is 0 Å². The van der Waals surface area contributed by atoms with Crippen LogP contribution in [0.5, 0.6) is 0 Å². The van der Waals surface area contributed by atoms with Gasteiger partial charge in [0.25, 0.3) is 0 Å². The molecular weight excluding hydrogens is 234 g/mol. The molecule has 0 aliphatic carbocycles. The Labute approximate surface area is 115 Å². The van der Waals surface area contributed by atoms with Crippen molar-refractivity contribution < 1.29 is 5.11 Å². The Morgan fingerprint density at radius 1 is 1.05 bits per heavy atom. The summed E-state index contributed by atoms with van der Waals surface area (Å²) in [7, 11) is 0. The lowest BCUT2D eigenvalue weighted by molar-refractivity contribution is 0.282. The van der Waals surface area contributed by atoms with Crippen LogP contribution in [0.15, 0.2) is 54.6 Å². The van der Waals surface area contributed by atoms with Crippen LogP contribution in [-0.2, 0) is 6.61 Å². The first kappa shape index (κ1) is 13.6. The van der Waals surface area contributed by atoms with Crippen LogP contribution in [0.2, 0.25) is 0 Å². The Morgan fingerprint density at radius 3 is 2.58 bits per heavy atom. The Morgan fingerprint density at radius 2 is 1.84 bits per heavy atom. The Bertz CT molecular complexity index is 496.